The fourth-order valence-electron chi connectivity index (χ4n) is 3.75. The molecule has 0 saturated heterocycles. The van der Waals surface area contributed by atoms with Crippen molar-refractivity contribution in [3.05, 3.63) is 47.6 Å². The van der Waals surface area contributed by atoms with Crippen molar-refractivity contribution in [3.63, 3.8) is 0 Å². The van der Waals surface area contributed by atoms with Gasteiger partial charge in [-0.1, -0.05) is 6.08 Å². The number of nitrogens with one attached hydrogen (secondary N) is 1. The van der Waals surface area contributed by atoms with Gasteiger partial charge >= 0.3 is 0 Å². The second-order valence-electron chi connectivity index (χ2n) is 7.68. The van der Waals surface area contributed by atoms with Crippen molar-refractivity contribution < 1.29 is 4.79 Å². The van der Waals surface area contributed by atoms with Crippen molar-refractivity contribution in [1.82, 2.24) is 24.6 Å². The highest BCUT2D eigenvalue weighted by molar-refractivity contribution is 5.85. The number of aromatic nitrogens is 4. The molecule has 0 unspecified atom stereocenters. The van der Waals surface area contributed by atoms with Crippen molar-refractivity contribution in [2.24, 2.45) is 5.92 Å². The number of fused-ring (bicyclic) bond motifs is 1. The lowest BCUT2D eigenvalue weighted by molar-refractivity contribution is -0.132. The third kappa shape index (κ3) is 2.85. The number of pyridine rings is 1. The van der Waals surface area contributed by atoms with E-state index in [9.17, 15) is 4.79 Å². The fourth-order valence-corrected chi connectivity index (χ4v) is 3.75. The minimum atomic E-state index is 0.296. The van der Waals surface area contributed by atoms with Gasteiger partial charge in [-0.2, -0.15) is 5.10 Å². The van der Waals surface area contributed by atoms with E-state index in [0.29, 0.717) is 18.4 Å². The zero-order valence-corrected chi connectivity index (χ0v) is 15.7. The number of aryl methyl sites for hydroxylation is 1. The summed E-state index contributed by atoms with van der Waals surface area (Å²) < 4.78 is 1.93. The van der Waals surface area contributed by atoms with Crippen LogP contribution in [-0.4, -0.2) is 43.6 Å². The monoisotopic (exact) mass is 361 g/mol. The number of carbonyl (C=O) groups is 1. The lowest BCUT2D eigenvalue weighted by Gasteiger charge is -2.26. The van der Waals surface area contributed by atoms with Gasteiger partial charge in [0.25, 0.3) is 0 Å². The second-order valence-corrected chi connectivity index (χ2v) is 7.68. The average Bonchev–Trinajstić information content (AvgIpc) is 3.37. The van der Waals surface area contributed by atoms with Crippen LogP contribution in [0.5, 0.6) is 0 Å². The molecule has 27 heavy (non-hydrogen) atoms. The molecule has 6 heteroatoms. The van der Waals surface area contributed by atoms with Gasteiger partial charge in [0.15, 0.2) is 0 Å². The molecule has 0 aromatic carbocycles. The zero-order valence-electron chi connectivity index (χ0n) is 15.7. The maximum Gasteiger partial charge on any atom is 0.225 e. The highest BCUT2D eigenvalue weighted by Gasteiger charge is 2.33. The number of amides is 1. The predicted octanol–water partition coefficient (Wildman–Crippen LogP) is 3.39. The summed E-state index contributed by atoms with van der Waals surface area (Å²) in [6.45, 7) is 5.65. The van der Waals surface area contributed by atoms with E-state index < -0.39 is 0 Å². The van der Waals surface area contributed by atoms with Gasteiger partial charge in [0, 0.05) is 35.8 Å². The number of hydrogen-bond acceptors (Lipinski definition) is 3. The quantitative estimate of drug-likeness (QED) is 0.777. The van der Waals surface area contributed by atoms with Crippen molar-refractivity contribution in [2.45, 2.75) is 33.1 Å². The molecule has 3 aromatic heterocycles. The smallest absolute Gasteiger partial charge is 0.225 e. The molecular weight excluding hydrogens is 338 g/mol. The first-order valence-electron chi connectivity index (χ1n) is 9.59. The largest absolute Gasteiger partial charge is 0.339 e. The van der Waals surface area contributed by atoms with E-state index in [4.69, 9.17) is 0 Å². The molecule has 1 aliphatic carbocycles. The van der Waals surface area contributed by atoms with Crippen LogP contribution in [0.15, 0.2) is 30.6 Å². The fraction of sp³-hybridized carbons (Fsp3) is 0.381. The maximum absolute atomic E-state index is 12.2. The Labute approximate surface area is 157 Å². The number of rotatable bonds is 3. The second kappa shape index (κ2) is 6.08. The van der Waals surface area contributed by atoms with E-state index >= 15 is 0 Å². The summed E-state index contributed by atoms with van der Waals surface area (Å²) >= 11 is 0. The third-order valence-corrected chi connectivity index (χ3v) is 5.75. The average molecular weight is 361 g/mol. The number of carbonyl (C=O) groups excluding carboxylic acids is 1. The van der Waals surface area contributed by atoms with Crippen LogP contribution in [0.1, 0.15) is 36.2 Å². The van der Waals surface area contributed by atoms with Crippen LogP contribution in [-0.2, 0) is 4.79 Å². The Balaban J connectivity index is 1.41. The summed E-state index contributed by atoms with van der Waals surface area (Å²) in [5.41, 5.74) is 6.51. The highest BCUT2D eigenvalue weighted by Crippen LogP contribution is 2.33. The first kappa shape index (κ1) is 16.3. The lowest BCUT2D eigenvalue weighted by atomic mass is 10.0. The minimum absolute atomic E-state index is 0.296. The van der Waals surface area contributed by atoms with E-state index in [2.05, 4.69) is 47.1 Å². The Morgan fingerprint density at radius 1 is 1.22 bits per heavy atom. The molecule has 1 fully saturated rings. The molecule has 1 aliphatic heterocycles. The van der Waals surface area contributed by atoms with Gasteiger partial charge in [-0.3, -0.25) is 4.79 Å². The molecule has 138 valence electrons. The van der Waals surface area contributed by atoms with E-state index in [-0.39, 0.29) is 0 Å². The van der Waals surface area contributed by atoms with Crippen LogP contribution in [0.25, 0.3) is 22.3 Å². The van der Waals surface area contributed by atoms with Crippen LogP contribution >= 0.6 is 0 Å². The molecule has 6 nitrogen and oxygen atoms in total. The molecule has 0 spiro atoms. The summed E-state index contributed by atoms with van der Waals surface area (Å²) in [5.74, 6) is 0.628. The Bertz CT molecular complexity index is 1070. The Hall–Kier alpha value is -2.89. The van der Waals surface area contributed by atoms with E-state index in [1.807, 2.05) is 22.0 Å². The highest BCUT2D eigenvalue weighted by atomic mass is 16.2. The molecule has 3 aromatic rings. The predicted molar refractivity (Wildman–Crippen MR) is 105 cm³/mol. The van der Waals surface area contributed by atoms with Crippen LogP contribution in [0.3, 0.4) is 0 Å². The summed E-state index contributed by atoms with van der Waals surface area (Å²) in [7, 11) is 0. The van der Waals surface area contributed by atoms with E-state index in [0.717, 1.165) is 53.9 Å². The van der Waals surface area contributed by atoms with Gasteiger partial charge in [0.1, 0.15) is 5.65 Å². The number of aromatic amines is 1. The standard InChI is InChI=1S/C21H23N5O/c1-13-11-23-26(14(13)2)18-9-17-10-19(24-20(17)22-12-18)15-5-7-25(8-6-15)21(27)16-3-4-16/h5,9-12,16H,3-4,6-8H2,1-2H3,(H,22,24). The summed E-state index contributed by atoms with van der Waals surface area (Å²) in [5, 5.41) is 5.53. The lowest BCUT2D eigenvalue weighted by Crippen LogP contribution is -2.35. The zero-order chi connectivity index (χ0) is 18.5. The maximum atomic E-state index is 12.2. The molecule has 1 N–H and O–H groups in total. The molecule has 0 atom stereocenters. The number of nitrogens with zero attached hydrogens (tertiary/aromatic N) is 4. The molecule has 0 radical (unpaired) electrons. The summed E-state index contributed by atoms with van der Waals surface area (Å²) in [6, 6.07) is 4.27. The summed E-state index contributed by atoms with van der Waals surface area (Å²) in [4.78, 5) is 22.2. The molecule has 1 saturated carbocycles. The van der Waals surface area contributed by atoms with Crippen LogP contribution in [0, 0.1) is 19.8 Å². The molecule has 4 heterocycles. The van der Waals surface area contributed by atoms with Gasteiger partial charge in [-0.25, -0.2) is 9.67 Å². The van der Waals surface area contributed by atoms with Gasteiger partial charge in [0.2, 0.25) is 5.91 Å². The topological polar surface area (TPSA) is 66.8 Å². The van der Waals surface area contributed by atoms with E-state index in [1.54, 1.807) is 0 Å². The SMILES string of the molecule is Cc1cnn(-c2cnc3[nH]c(C4=CCN(C(=O)C5CC5)CC4)cc3c2)c1C. The molecule has 0 bridgehead atoms. The molecule has 1 amide bonds. The van der Waals surface area contributed by atoms with Crippen molar-refractivity contribution in [2.75, 3.05) is 13.1 Å². The normalized spacial score (nSPS) is 17.4. The Kier molecular flexibility index (Phi) is 3.67. The Morgan fingerprint density at radius 2 is 2.07 bits per heavy atom. The van der Waals surface area contributed by atoms with Crippen LogP contribution in [0.2, 0.25) is 0 Å². The minimum Gasteiger partial charge on any atom is -0.339 e. The number of H-pyrrole nitrogens is 1. The molecular formula is C21H23N5O. The molecule has 5 rings (SSSR count). The van der Waals surface area contributed by atoms with Crippen molar-refractivity contribution >= 4 is 22.5 Å². The summed E-state index contributed by atoms with van der Waals surface area (Å²) in [6.07, 6.45) is 8.93. The number of hydrogen-bond donors (Lipinski definition) is 1. The van der Waals surface area contributed by atoms with Gasteiger partial charge in [-0.15, -0.1) is 0 Å². The van der Waals surface area contributed by atoms with Crippen LogP contribution in [0.4, 0.5) is 0 Å². The van der Waals surface area contributed by atoms with Gasteiger partial charge < -0.3 is 9.88 Å². The van der Waals surface area contributed by atoms with E-state index in [1.165, 1.54) is 11.1 Å². The first-order chi connectivity index (χ1) is 13.1. The van der Waals surface area contributed by atoms with Crippen LogP contribution < -0.4 is 0 Å². The Morgan fingerprint density at radius 3 is 2.74 bits per heavy atom. The van der Waals surface area contributed by atoms with Gasteiger partial charge in [-0.05, 0) is 56.4 Å². The van der Waals surface area contributed by atoms with Crippen molar-refractivity contribution in [3.8, 4) is 5.69 Å². The third-order valence-electron chi connectivity index (χ3n) is 5.75. The van der Waals surface area contributed by atoms with Crippen molar-refractivity contribution in [1.29, 1.82) is 0 Å². The molecule has 2 aliphatic rings. The first-order valence-corrected chi connectivity index (χ1v) is 9.59. The van der Waals surface area contributed by atoms with Gasteiger partial charge in [0.05, 0.1) is 18.1 Å².